The summed E-state index contributed by atoms with van der Waals surface area (Å²) in [5, 5.41) is 0. The van der Waals surface area contributed by atoms with Crippen molar-refractivity contribution in [3.05, 3.63) is 65.7 Å². The molecule has 0 radical (unpaired) electrons. The zero-order chi connectivity index (χ0) is 20.7. The monoisotopic (exact) mass is 398 g/mol. The number of carbonyl (C=O) groups excluding carboxylic acids is 1. The van der Waals surface area contributed by atoms with Gasteiger partial charge in [0.15, 0.2) is 0 Å². The van der Waals surface area contributed by atoms with Gasteiger partial charge in [0.1, 0.15) is 12.0 Å². The first kappa shape index (κ1) is 23.1. The topological polar surface area (TPSA) is 44.8 Å². The van der Waals surface area contributed by atoms with Gasteiger partial charge in [-0.15, -0.1) is 0 Å². The van der Waals surface area contributed by atoms with Crippen molar-refractivity contribution >= 4 is 6.29 Å². The molecule has 2 aromatic rings. The molecule has 2 atom stereocenters. The van der Waals surface area contributed by atoms with Crippen LogP contribution in [-0.2, 0) is 27.5 Å². The molecule has 0 N–H and O–H groups in total. The highest BCUT2D eigenvalue weighted by molar-refractivity contribution is 5.50. The number of hydrogen-bond acceptors (Lipinski definition) is 4. The maximum atomic E-state index is 11.2. The molecule has 0 saturated heterocycles. The molecule has 0 saturated carbocycles. The van der Waals surface area contributed by atoms with E-state index in [4.69, 9.17) is 14.2 Å². The van der Waals surface area contributed by atoms with Crippen molar-refractivity contribution in [1.29, 1.82) is 0 Å². The van der Waals surface area contributed by atoms with E-state index in [9.17, 15) is 4.79 Å². The zero-order valence-electron chi connectivity index (χ0n) is 17.7. The number of ether oxygens (including phenoxy) is 3. The first-order chi connectivity index (χ1) is 14.2. The molecule has 0 bridgehead atoms. The molecule has 0 spiro atoms. The minimum absolute atomic E-state index is 0.0735. The molecule has 0 fully saturated rings. The molecule has 2 aromatic carbocycles. The average Bonchev–Trinajstić information content (AvgIpc) is 2.77. The summed E-state index contributed by atoms with van der Waals surface area (Å²) in [6.07, 6.45) is 6.47. The van der Waals surface area contributed by atoms with Crippen molar-refractivity contribution in [1.82, 2.24) is 0 Å². The number of unbranched alkanes of at least 4 members (excludes halogenated alkanes) is 2. The second-order valence-electron chi connectivity index (χ2n) is 7.33. The molecule has 4 heteroatoms. The van der Waals surface area contributed by atoms with Crippen LogP contribution in [0.5, 0.6) is 5.75 Å². The van der Waals surface area contributed by atoms with Gasteiger partial charge in [0.05, 0.1) is 32.5 Å². The summed E-state index contributed by atoms with van der Waals surface area (Å²) >= 11 is 0. The van der Waals surface area contributed by atoms with E-state index in [2.05, 4.69) is 6.92 Å². The predicted molar refractivity (Wildman–Crippen MR) is 116 cm³/mol. The maximum absolute atomic E-state index is 11.2. The second-order valence-corrected chi connectivity index (χ2v) is 7.33. The van der Waals surface area contributed by atoms with Crippen LogP contribution in [0.4, 0.5) is 0 Å². The lowest BCUT2D eigenvalue weighted by atomic mass is 10.0. The molecule has 0 heterocycles. The Bertz CT molecular complexity index is 669. The highest BCUT2D eigenvalue weighted by Gasteiger charge is 2.18. The molecule has 158 valence electrons. The molecule has 0 aromatic heterocycles. The average molecular weight is 399 g/mol. The van der Waals surface area contributed by atoms with Crippen LogP contribution in [-0.4, -0.2) is 25.6 Å². The van der Waals surface area contributed by atoms with Gasteiger partial charge >= 0.3 is 0 Å². The van der Waals surface area contributed by atoms with E-state index < -0.39 is 0 Å². The second kappa shape index (κ2) is 13.9. The Labute approximate surface area is 175 Å². The number of rotatable bonds is 15. The lowest BCUT2D eigenvalue weighted by molar-refractivity contribution is -0.112. The molecule has 0 amide bonds. The molecular weight excluding hydrogens is 364 g/mol. The third kappa shape index (κ3) is 9.25. The van der Waals surface area contributed by atoms with Gasteiger partial charge in [0.25, 0.3) is 0 Å². The Hall–Kier alpha value is -2.17. The molecule has 2 rings (SSSR count). The van der Waals surface area contributed by atoms with E-state index in [1.165, 1.54) is 12.8 Å². The van der Waals surface area contributed by atoms with Crippen LogP contribution >= 0.6 is 0 Å². The fraction of sp³-hybridized carbons (Fsp3) is 0.480. The molecule has 4 nitrogen and oxygen atoms in total. The summed E-state index contributed by atoms with van der Waals surface area (Å²) in [5.41, 5.74) is 2.23. The largest absolute Gasteiger partial charge is 0.497 e. The lowest BCUT2D eigenvalue weighted by Crippen LogP contribution is -2.24. The van der Waals surface area contributed by atoms with Crippen LogP contribution < -0.4 is 4.74 Å². The highest BCUT2D eigenvalue weighted by Crippen LogP contribution is 2.20. The van der Waals surface area contributed by atoms with Crippen LogP contribution in [0.15, 0.2) is 54.6 Å². The first-order valence-corrected chi connectivity index (χ1v) is 10.6. The van der Waals surface area contributed by atoms with Crippen LogP contribution in [0.2, 0.25) is 0 Å². The van der Waals surface area contributed by atoms with E-state index in [1.54, 1.807) is 7.11 Å². The van der Waals surface area contributed by atoms with Crippen molar-refractivity contribution in [2.24, 2.45) is 0 Å². The summed E-state index contributed by atoms with van der Waals surface area (Å²) in [4.78, 5) is 11.2. The van der Waals surface area contributed by atoms with Crippen LogP contribution in [0, 0.1) is 0 Å². The fourth-order valence-electron chi connectivity index (χ4n) is 3.25. The van der Waals surface area contributed by atoms with Gasteiger partial charge in [-0.3, -0.25) is 0 Å². The Morgan fingerprint density at radius 3 is 2.14 bits per heavy atom. The Morgan fingerprint density at radius 1 is 0.862 bits per heavy atom. The number of aldehydes is 1. The summed E-state index contributed by atoms with van der Waals surface area (Å²) in [5.74, 6) is 0.841. The minimum atomic E-state index is -0.129. The van der Waals surface area contributed by atoms with E-state index >= 15 is 0 Å². The minimum Gasteiger partial charge on any atom is -0.497 e. The van der Waals surface area contributed by atoms with Gasteiger partial charge in [0.2, 0.25) is 0 Å². The molecule has 0 unspecified atom stereocenters. The van der Waals surface area contributed by atoms with Crippen LogP contribution in [0.3, 0.4) is 0 Å². The van der Waals surface area contributed by atoms with E-state index in [0.29, 0.717) is 19.6 Å². The molecule has 0 aliphatic rings. The predicted octanol–water partition coefficient (Wildman–Crippen LogP) is 5.73. The zero-order valence-corrected chi connectivity index (χ0v) is 17.7. The number of methoxy groups -OCH3 is 1. The standard InChI is InChI=1S/C25H34O4/c1-3-4-6-11-24(28-20-22-12-14-23(27-2)15-13-22)18-25(16-17-26)29-19-21-9-7-5-8-10-21/h5,7-10,12-15,17,24-25H,3-4,6,11,16,18-20H2,1-2H3/t24-,25+/m1/s1. The summed E-state index contributed by atoms with van der Waals surface area (Å²) < 4.78 is 17.5. The van der Waals surface area contributed by atoms with Crippen LogP contribution in [0.1, 0.15) is 56.6 Å². The Morgan fingerprint density at radius 2 is 1.52 bits per heavy atom. The van der Waals surface area contributed by atoms with Gasteiger partial charge in [-0.25, -0.2) is 0 Å². The van der Waals surface area contributed by atoms with Crippen molar-refractivity contribution in [3.63, 3.8) is 0 Å². The highest BCUT2D eigenvalue weighted by atomic mass is 16.5. The van der Waals surface area contributed by atoms with Crippen molar-refractivity contribution in [2.45, 2.75) is 70.9 Å². The van der Waals surface area contributed by atoms with Crippen molar-refractivity contribution in [3.8, 4) is 5.75 Å². The molecular formula is C25H34O4. The first-order valence-electron chi connectivity index (χ1n) is 10.6. The smallest absolute Gasteiger partial charge is 0.122 e. The Balaban J connectivity index is 1.92. The van der Waals surface area contributed by atoms with E-state index in [1.807, 2.05) is 54.6 Å². The summed E-state index contributed by atoms with van der Waals surface area (Å²) in [7, 11) is 1.66. The fourth-order valence-corrected chi connectivity index (χ4v) is 3.25. The lowest BCUT2D eigenvalue weighted by Gasteiger charge is -2.23. The third-order valence-corrected chi connectivity index (χ3v) is 4.99. The number of hydrogen-bond donors (Lipinski definition) is 0. The van der Waals surface area contributed by atoms with Gasteiger partial charge in [-0.2, -0.15) is 0 Å². The van der Waals surface area contributed by atoms with Crippen molar-refractivity contribution in [2.75, 3.05) is 7.11 Å². The molecule has 29 heavy (non-hydrogen) atoms. The Kier molecular flexibility index (Phi) is 11.1. The van der Waals surface area contributed by atoms with Gasteiger partial charge in [-0.05, 0) is 29.7 Å². The van der Waals surface area contributed by atoms with E-state index in [0.717, 1.165) is 42.4 Å². The normalized spacial score (nSPS) is 13.0. The number of carbonyl (C=O) groups is 1. The van der Waals surface area contributed by atoms with Crippen LogP contribution in [0.25, 0.3) is 0 Å². The molecule has 0 aliphatic carbocycles. The van der Waals surface area contributed by atoms with Gasteiger partial charge < -0.3 is 19.0 Å². The number of benzene rings is 2. The maximum Gasteiger partial charge on any atom is 0.122 e. The summed E-state index contributed by atoms with van der Waals surface area (Å²) in [6.45, 7) is 3.26. The van der Waals surface area contributed by atoms with Gasteiger partial charge in [-0.1, -0.05) is 68.7 Å². The SMILES string of the molecule is CCCCC[C@H](C[C@H](CC=O)OCc1ccccc1)OCc1ccc(OC)cc1. The van der Waals surface area contributed by atoms with Crippen molar-refractivity contribution < 1.29 is 19.0 Å². The quantitative estimate of drug-likeness (QED) is 0.284. The summed E-state index contributed by atoms with van der Waals surface area (Å²) in [6, 6.07) is 18.0. The molecule has 0 aliphatic heterocycles. The third-order valence-electron chi connectivity index (χ3n) is 4.99. The van der Waals surface area contributed by atoms with E-state index in [-0.39, 0.29) is 12.2 Å². The van der Waals surface area contributed by atoms with Gasteiger partial charge in [0, 0.05) is 12.8 Å².